The van der Waals surface area contributed by atoms with Gasteiger partial charge in [0, 0.05) is 6.04 Å². The maximum Gasteiger partial charge on any atom is 0.147 e. The lowest BCUT2D eigenvalue weighted by Gasteiger charge is -2.21. The summed E-state index contributed by atoms with van der Waals surface area (Å²) in [6, 6.07) is 10.7. The summed E-state index contributed by atoms with van der Waals surface area (Å²) in [5, 5.41) is 12.0. The molecule has 0 heterocycles. The Hall–Kier alpha value is -2.34. The number of rotatable bonds is 3. The topological polar surface area (TPSA) is 35.8 Å². The summed E-state index contributed by atoms with van der Waals surface area (Å²) in [6.07, 6.45) is 0. The van der Waals surface area contributed by atoms with Crippen molar-refractivity contribution in [3.63, 3.8) is 0 Å². The van der Waals surface area contributed by atoms with E-state index in [2.05, 4.69) is 38.2 Å². The summed E-state index contributed by atoms with van der Waals surface area (Å²) in [5.74, 6) is -0.400. The first-order chi connectivity index (χ1) is 9.92. The molecular formula is C18H19FN2. The van der Waals surface area contributed by atoms with E-state index in [1.54, 1.807) is 12.1 Å². The van der Waals surface area contributed by atoms with Gasteiger partial charge in [0.05, 0.1) is 17.3 Å². The van der Waals surface area contributed by atoms with Crippen molar-refractivity contribution >= 4 is 5.69 Å². The van der Waals surface area contributed by atoms with Gasteiger partial charge in [-0.15, -0.1) is 0 Å². The van der Waals surface area contributed by atoms with Gasteiger partial charge < -0.3 is 5.32 Å². The number of hydrogen-bond acceptors (Lipinski definition) is 2. The number of anilines is 1. The summed E-state index contributed by atoms with van der Waals surface area (Å²) < 4.78 is 14.0. The molecule has 0 saturated heterocycles. The SMILES string of the molecule is Cc1cc(C)c(C(C)Nc2ccc(C#N)cc2F)c(C)c1. The maximum absolute atomic E-state index is 14.0. The van der Waals surface area contributed by atoms with E-state index in [0.29, 0.717) is 11.3 Å². The van der Waals surface area contributed by atoms with Crippen molar-refractivity contribution in [1.29, 1.82) is 5.26 Å². The largest absolute Gasteiger partial charge is 0.376 e. The molecule has 3 heteroatoms. The molecule has 2 aromatic rings. The Morgan fingerprint density at radius 2 is 1.71 bits per heavy atom. The van der Waals surface area contributed by atoms with E-state index in [0.717, 1.165) is 0 Å². The second-order valence-corrected chi connectivity index (χ2v) is 5.48. The van der Waals surface area contributed by atoms with Crippen molar-refractivity contribution in [2.75, 3.05) is 5.32 Å². The van der Waals surface area contributed by atoms with E-state index >= 15 is 0 Å². The third kappa shape index (κ3) is 3.22. The molecule has 108 valence electrons. The zero-order chi connectivity index (χ0) is 15.6. The minimum Gasteiger partial charge on any atom is -0.376 e. The molecule has 0 aliphatic rings. The summed E-state index contributed by atoms with van der Waals surface area (Å²) in [4.78, 5) is 0. The predicted molar refractivity (Wildman–Crippen MR) is 83.8 cm³/mol. The number of aryl methyl sites for hydroxylation is 3. The summed E-state index contributed by atoms with van der Waals surface area (Å²) in [7, 11) is 0. The predicted octanol–water partition coefficient (Wildman–Crippen LogP) is 4.80. The van der Waals surface area contributed by atoms with Gasteiger partial charge in [0.1, 0.15) is 5.82 Å². The van der Waals surface area contributed by atoms with E-state index in [1.807, 2.05) is 13.0 Å². The quantitative estimate of drug-likeness (QED) is 0.878. The van der Waals surface area contributed by atoms with Gasteiger partial charge in [-0.25, -0.2) is 4.39 Å². The van der Waals surface area contributed by atoms with Crippen LogP contribution in [0.4, 0.5) is 10.1 Å². The van der Waals surface area contributed by atoms with Crippen LogP contribution >= 0.6 is 0 Å². The van der Waals surface area contributed by atoms with Gasteiger partial charge in [-0.3, -0.25) is 0 Å². The fourth-order valence-corrected chi connectivity index (χ4v) is 2.88. The van der Waals surface area contributed by atoms with Gasteiger partial charge in [0.15, 0.2) is 0 Å². The Balaban J connectivity index is 2.31. The van der Waals surface area contributed by atoms with Gasteiger partial charge in [-0.05, 0) is 62.6 Å². The molecule has 21 heavy (non-hydrogen) atoms. The number of halogens is 1. The van der Waals surface area contributed by atoms with E-state index in [1.165, 1.54) is 28.3 Å². The lowest BCUT2D eigenvalue weighted by atomic mass is 9.94. The zero-order valence-electron chi connectivity index (χ0n) is 12.8. The van der Waals surface area contributed by atoms with Crippen molar-refractivity contribution in [3.8, 4) is 6.07 Å². The van der Waals surface area contributed by atoms with Crippen LogP contribution in [0, 0.1) is 37.9 Å². The molecule has 0 radical (unpaired) electrons. The molecule has 0 aliphatic heterocycles. The molecule has 1 atom stereocenters. The second-order valence-electron chi connectivity index (χ2n) is 5.48. The first kappa shape index (κ1) is 15.1. The fraction of sp³-hybridized carbons (Fsp3) is 0.278. The van der Waals surface area contributed by atoms with Gasteiger partial charge in [0.25, 0.3) is 0 Å². The van der Waals surface area contributed by atoms with E-state index in [4.69, 9.17) is 5.26 Å². The van der Waals surface area contributed by atoms with Crippen LogP contribution in [0.3, 0.4) is 0 Å². The van der Waals surface area contributed by atoms with Crippen molar-refractivity contribution in [1.82, 2.24) is 0 Å². The van der Waals surface area contributed by atoms with Crippen LogP contribution in [0.1, 0.15) is 40.8 Å². The van der Waals surface area contributed by atoms with Crippen LogP contribution in [0.2, 0.25) is 0 Å². The minimum absolute atomic E-state index is 0.00645. The third-order valence-electron chi connectivity index (χ3n) is 3.64. The molecule has 0 aromatic heterocycles. The number of nitrogens with one attached hydrogen (secondary N) is 1. The van der Waals surface area contributed by atoms with Gasteiger partial charge in [-0.2, -0.15) is 5.26 Å². The number of hydrogen-bond donors (Lipinski definition) is 1. The molecular weight excluding hydrogens is 263 g/mol. The zero-order valence-corrected chi connectivity index (χ0v) is 12.8. The Morgan fingerprint density at radius 3 is 2.24 bits per heavy atom. The van der Waals surface area contributed by atoms with Crippen LogP contribution in [0.15, 0.2) is 30.3 Å². The van der Waals surface area contributed by atoms with E-state index in [-0.39, 0.29) is 6.04 Å². The molecule has 2 aromatic carbocycles. The molecule has 1 N–H and O–H groups in total. The van der Waals surface area contributed by atoms with Crippen molar-refractivity contribution in [2.24, 2.45) is 0 Å². The van der Waals surface area contributed by atoms with Crippen molar-refractivity contribution < 1.29 is 4.39 Å². The van der Waals surface area contributed by atoms with Crippen molar-refractivity contribution in [2.45, 2.75) is 33.7 Å². The minimum atomic E-state index is -0.400. The molecule has 2 rings (SSSR count). The van der Waals surface area contributed by atoms with E-state index < -0.39 is 5.82 Å². The first-order valence-electron chi connectivity index (χ1n) is 6.96. The first-order valence-corrected chi connectivity index (χ1v) is 6.96. The van der Waals surface area contributed by atoms with Crippen LogP contribution in [-0.2, 0) is 0 Å². The van der Waals surface area contributed by atoms with Crippen LogP contribution < -0.4 is 5.32 Å². The van der Waals surface area contributed by atoms with Gasteiger partial charge in [-0.1, -0.05) is 17.7 Å². The molecule has 1 unspecified atom stereocenters. The van der Waals surface area contributed by atoms with Gasteiger partial charge in [0.2, 0.25) is 0 Å². The standard InChI is InChI=1S/C18H19FN2/c1-11-7-12(2)18(13(3)8-11)14(4)21-17-6-5-15(10-20)9-16(17)19/h5-9,14,21H,1-4H3. The van der Waals surface area contributed by atoms with Gasteiger partial charge >= 0.3 is 0 Å². The molecule has 0 spiro atoms. The Kier molecular flexibility index (Phi) is 4.28. The Morgan fingerprint density at radius 1 is 1.10 bits per heavy atom. The molecule has 0 bridgehead atoms. The maximum atomic E-state index is 14.0. The molecule has 0 fully saturated rings. The third-order valence-corrected chi connectivity index (χ3v) is 3.64. The average molecular weight is 282 g/mol. The summed E-state index contributed by atoms with van der Waals surface area (Å²) >= 11 is 0. The smallest absolute Gasteiger partial charge is 0.147 e. The number of nitrogens with zero attached hydrogens (tertiary/aromatic N) is 1. The average Bonchev–Trinajstić information content (AvgIpc) is 2.39. The van der Waals surface area contributed by atoms with Crippen LogP contribution in [-0.4, -0.2) is 0 Å². The molecule has 2 nitrogen and oxygen atoms in total. The number of benzene rings is 2. The molecule has 0 amide bonds. The highest BCUT2D eigenvalue weighted by Crippen LogP contribution is 2.27. The normalized spacial score (nSPS) is 11.8. The fourth-order valence-electron chi connectivity index (χ4n) is 2.88. The highest BCUT2D eigenvalue weighted by molar-refractivity contribution is 5.52. The molecule has 0 aliphatic carbocycles. The van der Waals surface area contributed by atoms with Crippen molar-refractivity contribution in [3.05, 3.63) is 64.0 Å². The molecule has 0 saturated carbocycles. The Labute approximate surface area is 125 Å². The Bertz CT molecular complexity index is 691. The lowest BCUT2D eigenvalue weighted by molar-refractivity contribution is 0.627. The monoisotopic (exact) mass is 282 g/mol. The summed E-state index contributed by atoms with van der Waals surface area (Å²) in [6.45, 7) is 8.23. The van der Waals surface area contributed by atoms with Crippen LogP contribution in [0.5, 0.6) is 0 Å². The summed E-state index contributed by atoms with van der Waals surface area (Å²) in [5.41, 5.74) is 5.55. The lowest BCUT2D eigenvalue weighted by Crippen LogP contribution is -2.11. The second kappa shape index (κ2) is 5.97. The van der Waals surface area contributed by atoms with Crippen LogP contribution in [0.25, 0.3) is 0 Å². The number of nitriles is 1. The van der Waals surface area contributed by atoms with E-state index in [9.17, 15) is 4.39 Å². The highest BCUT2D eigenvalue weighted by Gasteiger charge is 2.14. The highest BCUT2D eigenvalue weighted by atomic mass is 19.1.